The second-order valence-electron chi connectivity index (χ2n) is 6.20. The number of ether oxygens (including phenoxy) is 2. The minimum absolute atomic E-state index is 0. The lowest BCUT2D eigenvalue weighted by molar-refractivity contribution is 0.0580. The standard InChI is InChI=1S/C9H12O2.C5H10.C2H6.CH3NO2.CH4O.CH4.H2/c1-2-4-8-6(3-1)9(5-10-9)7(8)11-8;1-4-5(2)3;1-2;2-1(3)4;1-2;;/h6-7H,1-5H2;4H,1-3H3;1-2H3;2H2,(H,3,4);2H,1H3;1H4;1H/t6?,7?,8-,9+;;;;;;/m1....../s1. The minimum Gasteiger partial charge on any atom is -0.465 e. The molecule has 4 rings (SSSR count). The van der Waals surface area contributed by atoms with Gasteiger partial charge in [-0.15, -0.1) is 0 Å². The number of primary amides is 1. The molecular weight excluding hydrogens is 322 g/mol. The number of allylic oxidation sites excluding steroid dienone is 2. The zero-order valence-corrected chi connectivity index (χ0v) is 16.0. The molecule has 2 saturated carbocycles. The fourth-order valence-corrected chi connectivity index (χ4v) is 3.50. The molecule has 0 aromatic rings. The number of fused-ring (bicyclic) bond motifs is 2. The van der Waals surface area contributed by atoms with Gasteiger partial charge in [0.1, 0.15) is 17.3 Å². The molecule has 0 aromatic carbocycles. The Morgan fingerprint density at radius 2 is 1.68 bits per heavy atom. The van der Waals surface area contributed by atoms with Gasteiger partial charge in [0.15, 0.2) is 0 Å². The molecule has 152 valence electrons. The molecule has 2 heterocycles. The number of epoxide rings is 2. The van der Waals surface area contributed by atoms with Crippen LogP contribution in [0.25, 0.3) is 0 Å². The number of hydrogen-bond acceptors (Lipinski definition) is 4. The highest BCUT2D eigenvalue weighted by Crippen LogP contribution is 2.74. The van der Waals surface area contributed by atoms with Gasteiger partial charge < -0.3 is 25.4 Å². The Morgan fingerprint density at radius 1 is 1.24 bits per heavy atom. The summed E-state index contributed by atoms with van der Waals surface area (Å²) in [4.78, 5) is 8.78. The van der Waals surface area contributed by atoms with Crippen molar-refractivity contribution in [1.29, 1.82) is 0 Å². The van der Waals surface area contributed by atoms with E-state index in [4.69, 9.17) is 24.5 Å². The molecule has 2 unspecified atom stereocenters. The number of hydrogen-bond donors (Lipinski definition) is 3. The van der Waals surface area contributed by atoms with E-state index in [0.29, 0.717) is 11.7 Å². The fourth-order valence-electron chi connectivity index (χ4n) is 3.50. The van der Waals surface area contributed by atoms with Crippen molar-refractivity contribution in [3.05, 3.63) is 11.6 Å². The van der Waals surface area contributed by atoms with Crippen LogP contribution in [0.3, 0.4) is 0 Å². The van der Waals surface area contributed by atoms with E-state index in [0.717, 1.165) is 19.6 Å². The highest BCUT2D eigenvalue weighted by Gasteiger charge is 2.89. The van der Waals surface area contributed by atoms with Crippen LogP contribution in [0.5, 0.6) is 0 Å². The minimum atomic E-state index is -1.33. The van der Waals surface area contributed by atoms with Gasteiger partial charge >= 0.3 is 6.09 Å². The molecule has 6 nitrogen and oxygen atoms in total. The molecule has 2 spiro atoms. The first-order chi connectivity index (χ1) is 11.4. The van der Waals surface area contributed by atoms with Crippen LogP contribution in [-0.2, 0) is 9.47 Å². The molecule has 2 aliphatic carbocycles. The van der Waals surface area contributed by atoms with Crippen molar-refractivity contribution in [3.63, 3.8) is 0 Å². The predicted octanol–water partition coefficient (Wildman–Crippen LogP) is 4.21. The first kappa shape index (κ1) is 26.1. The lowest BCUT2D eigenvalue weighted by Gasteiger charge is -2.41. The van der Waals surface area contributed by atoms with Gasteiger partial charge in [-0.1, -0.05) is 45.8 Å². The van der Waals surface area contributed by atoms with Gasteiger partial charge in [0, 0.05) is 14.5 Å². The number of carboxylic acid groups (broad SMARTS) is 1. The third-order valence-corrected chi connectivity index (χ3v) is 4.71. The second-order valence-corrected chi connectivity index (χ2v) is 6.20. The third kappa shape index (κ3) is 5.97. The van der Waals surface area contributed by atoms with Crippen molar-refractivity contribution in [2.45, 2.75) is 85.0 Å². The molecule has 2 aliphatic heterocycles. The maximum Gasteiger partial charge on any atom is 0.402 e. The van der Waals surface area contributed by atoms with Crippen LogP contribution < -0.4 is 5.73 Å². The largest absolute Gasteiger partial charge is 0.465 e. The van der Waals surface area contributed by atoms with E-state index in [1.54, 1.807) is 0 Å². The summed E-state index contributed by atoms with van der Waals surface area (Å²) >= 11 is 0. The molecule has 4 aliphatic rings. The Balaban J connectivity index is -0.000000309. The van der Waals surface area contributed by atoms with E-state index in [-0.39, 0.29) is 14.5 Å². The van der Waals surface area contributed by atoms with Gasteiger partial charge in [0.05, 0.1) is 6.61 Å². The molecule has 0 aromatic heterocycles. The van der Waals surface area contributed by atoms with Gasteiger partial charge in [0.25, 0.3) is 0 Å². The van der Waals surface area contributed by atoms with Crippen LogP contribution in [0.15, 0.2) is 11.6 Å². The molecular formula is C19H41NO5. The lowest BCUT2D eigenvalue weighted by atomic mass is 9.58. The summed E-state index contributed by atoms with van der Waals surface area (Å²) in [7, 11) is 1.00. The Bertz CT molecular complexity index is 418. The van der Waals surface area contributed by atoms with E-state index < -0.39 is 6.09 Å². The smallest absolute Gasteiger partial charge is 0.402 e. The van der Waals surface area contributed by atoms with Crippen molar-refractivity contribution in [3.8, 4) is 0 Å². The van der Waals surface area contributed by atoms with Gasteiger partial charge in [-0.2, -0.15) is 0 Å². The summed E-state index contributed by atoms with van der Waals surface area (Å²) < 4.78 is 11.3. The Labute approximate surface area is 154 Å². The SMILES string of the molecule is C.C1CC[C@]23OC2[C@]2(CO2)C3C1.CC.CC=C(C)C.CO.NC(=O)O.[HH]. The molecule has 4 fully saturated rings. The number of aliphatic hydroxyl groups excluding tert-OH is 1. The van der Waals surface area contributed by atoms with Crippen LogP contribution in [0.1, 0.15) is 69.2 Å². The number of nitrogens with two attached hydrogens (primary N) is 1. The summed E-state index contributed by atoms with van der Waals surface area (Å²) in [6.45, 7) is 11.2. The van der Waals surface area contributed by atoms with Crippen LogP contribution in [0, 0.1) is 5.92 Å². The molecule has 4 atom stereocenters. The zero-order valence-electron chi connectivity index (χ0n) is 16.0. The van der Waals surface area contributed by atoms with E-state index in [1.807, 2.05) is 20.8 Å². The lowest BCUT2D eigenvalue weighted by Crippen LogP contribution is -2.55. The van der Waals surface area contributed by atoms with Gasteiger partial charge in [-0.25, -0.2) is 4.79 Å². The maximum atomic E-state index is 8.78. The first-order valence-corrected chi connectivity index (χ1v) is 8.73. The average Bonchev–Trinajstić information content (AvgIpc) is 3.46. The van der Waals surface area contributed by atoms with Gasteiger partial charge in [-0.05, 0) is 33.6 Å². The molecule has 1 amide bonds. The fraction of sp³-hybridized carbons (Fsp3) is 0.842. The quantitative estimate of drug-likeness (QED) is 0.441. The summed E-state index contributed by atoms with van der Waals surface area (Å²) in [6.07, 6.45) is 6.72. The van der Waals surface area contributed by atoms with Crippen LogP contribution in [0.4, 0.5) is 4.79 Å². The van der Waals surface area contributed by atoms with Crippen molar-refractivity contribution < 1.29 is 25.9 Å². The van der Waals surface area contributed by atoms with E-state index in [2.05, 4.69) is 25.7 Å². The van der Waals surface area contributed by atoms with Crippen molar-refractivity contribution in [2.75, 3.05) is 13.7 Å². The number of carbonyl (C=O) groups is 1. The molecule has 25 heavy (non-hydrogen) atoms. The molecule has 6 heteroatoms. The second kappa shape index (κ2) is 11.5. The molecule has 2 saturated heterocycles. The van der Waals surface area contributed by atoms with Crippen molar-refractivity contribution in [1.82, 2.24) is 0 Å². The Kier molecular flexibility index (Phi) is 12.0. The summed E-state index contributed by atoms with van der Waals surface area (Å²) in [6, 6.07) is 0. The predicted molar refractivity (Wildman–Crippen MR) is 104 cm³/mol. The van der Waals surface area contributed by atoms with Crippen LogP contribution >= 0.6 is 0 Å². The van der Waals surface area contributed by atoms with Gasteiger partial charge in [0.2, 0.25) is 0 Å². The highest BCUT2D eigenvalue weighted by atomic mass is 16.7. The number of aliphatic hydroxyl groups is 1. The third-order valence-electron chi connectivity index (χ3n) is 4.71. The number of rotatable bonds is 0. The normalized spacial score (nSPS) is 33.6. The maximum absolute atomic E-state index is 8.78. The topological polar surface area (TPSA) is 109 Å². The highest BCUT2D eigenvalue weighted by molar-refractivity contribution is 5.61. The van der Waals surface area contributed by atoms with E-state index in [9.17, 15) is 0 Å². The van der Waals surface area contributed by atoms with Crippen molar-refractivity contribution in [2.24, 2.45) is 11.7 Å². The van der Waals surface area contributed by atoms with E-state index >= 15 is 0 Å². The van der Waals surface area contributed by atoms with Crippen LogP contribution in [-0.4, -0.2) is 47.3 Å². The molecule has 4 N–H and O–H groups in total. The molecule has 0 bridgehead atoms. The van der Waals surface area contributed by atoms with Crippen molar-refractivity contribution >= 4 is 6.09 Å². The Hall–Kier alpha value is -1.11. The van der Waals surface area contributed by atoms with Gasteiger partial charge in [-0.3, -0.25) is 0 Å². The molecule has 0 radical (unpaired) electrons. The van der Waals surface area contributed by atoms with E-state index in [1.165, 1.54) is 31.3 Å². The zero-order chi connectivity index (χ0) is 19.0. The Morgan fingerprint density at radius 3 is 2.04 bits per heavy atom. The average molecular weight is 364 g/mol. The monoisotopic (exact) mass is 363 g/mol. The first-order valence-electron chi connectivity index (χ1n) is 8.73. The summed E-state index contributed by atoms with van der Waals surface area (Å²) in [5.41, 5.74) is 6.03. The summed E-state index contributed by atoms with van der Waals surface area (Å²) in [5, 5.41) is 14.2. The number of amides is 1. The summed E-state index contributed by atoms with van der Waals surface area (Å²) in [5.74, 6) is 0.786. The van der Waals surface area contributed by atoms with Crippen LogP contribution in [0.2, 0.25) is 0 Å².